The fraction of sp³-hybridized carbons (Fsp3) is 0. The molecule has 0 fully saturated rings. The minimum absolute atomic E-state index is 0.622. The first-order valence-electron chi connectivity index (χ1n) is 15.7. The highest BCUT2D eigenvalue weighted by molar-refractivity contribution is 6.11. The van der Waals surface area contributed by atoms with Crippen molar-refractivity contribution >= 4 is 10.8 Å². The van der Waals surface area contributed by atoms with Crippen molar-refractivity contribution in [3.63, 3.8) is 0 Å². The molecule has 4 heteroatoms. The lowest BCUT2D eigenvalue weighted by molar-refractivity contribution is 0.487. The summed E-state index contributed by atoms with van der Waals surface area (Å²) in [5.41, 5.74) is 9.68. The van der Waals surface area contributed by atoms with Gasteiger partial charge in [-0.15, -0.1) is 0 Å². The van der Waals surface area contributed by atoms with Crippen LogP contribution in [0, 0.1) is 0 Å². The second-order valence-electron chi connectivity index (χ2n) is 11.6. The van der Waals surface area contributed by atoms with Crippen molar-refractivity contribution in [3.8, 4) is 79.0 Å². The fourth-order valence-corrected chi connectivity index (χ4v) is 6.52. The van der Waals surface area contributed by atoms with Crippen molar-refractivity contribution in [2.75, 3.05) is 0 Å². The highest BCUT2D eigenvalue weighted by Crippen LogP contribution is 2.51. The molecule has 47 heavy (non-hydrogen) atoms. The lowest BCUT2D eigenvalue weighted by atomic mass is 9.87. The Morgan fingerprint density at radius 1 is 0.319 bits per heavy atom. The second kappa shape index (κ2) is 11.2. The van der Waals surface area contributed by atoms with Gasteiger partial charge in [0, 0.05) is 27.6 Å². The SMILES string of the molecule is c1ccc(-c2ccc(-c3cccc4c3-c3cccc5c(-c6nc(-c7ccccc7)nc(-c7ccccc7)n6)ccc(c35)O4)cc2)cc1. The minimum atomic E-state index is 0.622. The Hall–Kier alpha value is -6.39. The summed E-state index contributed by atoms with van der Waals surface area (Å²) in [5.74, 6) is 3.57. The van der Waals surface area contributed by atoms with E-state index in [1.807, 2.05) is 72.8 Å². The third kappa shape index (κ3) is 4.75. The average Bonchev–Trinajstić information content (AvgIpc) is 3.16. The van der Waals surface area contributed by atoms with Crippen LogP contribution in [0.2, 0.25) is 0 Å². The molecule has 0 saturated heterocycles. The quantitative estimate of drug-likeness (QED) is 0.197. The van der Waals surface area contributed by atoms with E-state index in [0.29, 0.717) is 17.5 Å². The van der Waals surface area contributed by atoms with Crippen LogP contribution in [0.3, 0.4) is 0 Å². The van der Waals surface area contributed by atoms with Crippen molar-refractivity contribution in [3.05, 3.63) is 164 Å². The summed E-state index contributed by atoms with van der Waals surface area (Å²) < 4.78 is 6.63. The Balaban J connectivity index is 1.21. The molecule has 8 aromatic rings. The van der Waals surface area contributed by atoms with Gasteiger partial charge in [0.1, 0.15) is 11.5 Å². The Kier molecular flexibility index (Phi) is 6.43. The molecular weight excluding hydrogens is 574 g/mol. The largest absolute Gasteiger partial charge is 0.456 e. The first-order chi connectivity index (χ1) is 23.3. The van der Waals surface area contributed by atoms with Gasteiger partial charge in [-0.2, -0.15) is 0 Å². The predicted molar refractivity (Wildman–Crippen MR) is 190 cm³/mol. The number of fused-ring (bicyclic) bond motifs is 2. The highest BCUT2D eigenvalue weighted by Gasteiger charge is 2.25. The fourth-order valence-electron chi connectivity index (χ4n) is 6.52. The molecule has 2 heterocycles. The maximum Gasteiger partial charge on any atom is 0.164 e. The van der Waals surface area contributed by atoms with Gasteiger partial charge in [-0.05, 0) is 51.4 Å². The molecule has 1 aliphatic rings. The van der Waals surface area contributed by atoms with Crippen molar-refractivity contribution < 1.29 is 4.74 Å². The van der Waals surface area contributed by atoms with Crippen LogP contribution in [0.15, 0.2) is 164 Å². The molecular formula is C43H27N3O. The Morgan fingerprint density at radius 2 is 0.851 bits per heavy atom. The number of rotatable bonds is 5. The van der Waals surface area contributed by atoms with E-state index in [-0.39, 0.29) is 0 Å². The number of hydrogen-bond donors (Lipinski definition) is 0. The van der Waals surface area contributed by atoms with Crippen LogP contribution in [-0.2, 0) is 0 Å². The third-order valence-corrected chi connectivity index (χ3v) is 8.76. The van der Waals surface area contributed by atoms with Gasteiger partial charge in [0.15, 0.2) is 17.5 Å². The van der Waals surface area contributed by atoms with Crippen LogP contribution in [0.1, 0.15) is 0 Å². The topological polar surface area (TPSA) is 47.9 Å². The van der Waals surface area contributed by atoms with E-state index in [1.54, 1.807) is 0 Å². The first-order valence-corrected chi connectivity index (χ1v) is 15.7. The number of hydrogen-bond acceptors (Lipinski definition) is 4. The van der Waals surface area contributed by atoms with Gasteiger partial charge in [-0.3, -0.25) is 0 Å². The number of aromatic nitrogens is 3. The highest BCUT2D eigenvalue weighted by atomic mass is 16.5. The molecule has 7 aromatic carbocycles. The molecule has 0 amide bonds. The van der Waals surface area contributed by atoms with Crippen molar-refractivity contribution in [2.45, 2.75) is 0 Å². The van der Waals surface area contributed by atoms with E-state index in [9.17, 15) is 0 Å². The third-order valence-electron chi connectivity index (χ3n) is 8.76. The van der Waals surface area contributed by atoms with Crippen molar-refractivity contribution in [2.24, 2.45) is 0 Å². The number of nitrogens with zero attached hydrogens (tertiary/aromatic N) is 3. The zero-order chi connectivity index (χ0) is 31.2. The molecule has 0 atom stereocenters. The molecule has 0 unspecified atom stereocenters. The summed E-state index contributed by atoms with van der Waals surface area (Å²) in [6.45, 7) is 0. The summed E-state index contributed by atoms with van der Waals surface area (Å²) in [6.07, 6.45) is 0. The lowest BCUT2D eigenvalue weighted by Gasteiger charge is -2.24. The number of benzene rings is 7. The molecule has 0 saturated carbocycles. The monoisotopic (exact) mass is 601 g/mol. The smallest absolute Gasteiger partial charge is 0.164 e. The minimum Gasteiger partial charge on any atom is -0.456 e. The normalized spacial score (nSPS) is 11.6. The van der Waals surface area contributed by atoms with Crippen LogP contribution in [-0.4, -0.2) is 15.0 Å². The zero-order valence-electron chi connectivity index (χ0n) is 25.3. The lowest BCUT2D eigenvalue weighted by Crippen LogP contribution is -2.02. The van der Waals surface area contributed by atoms with Gasteiger partial charge in [0.2, 0.25) is 0 Å². The molecule has 0 bridgehead atoms. The molecule has 0 N–H and O–H groups in total. The second-order valence-corrected chi connectivity index (χ2v) is 11.6. The summed E-state index contributed by atoms with van der Waals surface area (Å²) in [4.78, 5) is 15.0. The Morgan fingerprint density at radius 3 is 1.51 bits per heavy atom. The van der Waals surface area contributed by atoms with Gasteiger partial charge >= 0.3 is 0 Å². The molecule has 0 radical (unpaired) electrons. The standard InChI is InChI=1S/C43H27N3O/c1-4-12-28(13-5-1)29-22-24-30(25-23-29)33-18-11-21-37-39(33)36-20-10-19-34-35(26-27-38(47-37)40(34)36)43-45-41(31-14-6-2-7-15-31)44-42(46-43)32-16-8-3-9-17-32/h1-27H. The van der Waals surface area contributed by atoms with Gasteiger partial charge in [0.05, 0.1) is 0 Å². The van der Waals surface area contributed by atoms with Crippen molar-refractivity contribution in [1.29, 1.82) is 0 Å². The summed E-state index contributed by atoms with van der Waals surface area (Å²) in [5, 5.41) is 2.08. The van der Waals surface area contributed by atoms with Gasteiger partial charge in [-0.1, -0.05) is 146 Å². The maximum atomic E-state index is 6.63. The van der Waals surface area contributed by atoms with E-state index < -0.39 is 0 Å². The summed E-state index contributed by atoms with van der Waals surface area (Å²) in [6, 6.07) is 56.2. The van der Waals surface area contributed by atoms with Crippen LogP contribution >= 0.6 is 0 Å². The summed E-state index contributed by atoms with van der Waals surface area (Å²) >= 11 is 0. The molecule has 9 rings (SSSR count). The molecule has 1 aromatic heterocycles. The first kappa shape index (κ1) is 27.0. The number of ether oxygens (including phenoxy) is 1. The molecule has 0 aliphatic carbocycles. The van der Waals surface area contributed by atoms with E-state index in [2.05, 4.69) is 91.0 Å². The Labute approximate surface area is 272 Å². The van der Waals surface area contributed by atoms with Crippen LogP contribution in [0.5, 0.6) is 11.5 Å². The Bertz CT molecular complexity index is 2350. The summed E-state index contributed by atoms with van der Waals surface area (Å²) in [7, 11) is 0. The van der Waals surface area contributed by atoms with E-state index in [0.717, 1.165) is 61.2 Å². The van der Waals surface area contributed by atoms with E-state index in [4.69, 9.17) is 19.7 Å². The molecule has 220 valence electrons. The maximum absolute atomic E-state index is 6.63. The average molecular weight is 602 g/mol. The van der Waals surface area contributed by atoms with Gasteiger partial charge in [-0.25, -0.2) is 15.0 Å². The molecule has 1 aliphatic heterocycles. The molecule has 4 nitrogen and oxygen atoms in total. The van der Waals surface area contributed by atoms with E-state index in [1.165, 1.54) is 11.1 Å². The molecule has 0 spiro atoms. The predicted octanol–water partition coefficient (Wildman–Crippen LogP) is 11.1. The van der Waals surface area contributed by atoms with Crippen LogP contribution in [0.4, 0.5) is 0 Å². The van der Waals surface area contributed by atoms with Crippen molar-refractivity contribution in [1.82, 2.24) is 15.0 Å². The van der Waals surface area contributed by atoms with E-state index >= 15 is 0 Å². The van der Waals surface area contributed by atoms with Crippen LogP contribution in [0.25, 0.3) is 78.3 Å². The van der Waals surface area contributed by atoms with Gasteiger partial charge < -0.3 is 4.74 Å². The zero-order valence-corrected chi connectivity index (χ0v) is 25.3. The van der Waals surface area contributed by atoms with Gasteiger partial charge in [0.25, 0.3) is 0 Å². The van der Waals surface area contributed by atoms with Crippen LogP contribution < -0.4 is 4.74 Å².